The lowest BCUT2D eigenvalue weighted by molar-refractivity contribution is 0.108. The predicted octanol–water partition coefficient (Wildman–Crippen LogP) is 5.30. The second-order valence-corrected chi connectivity index (χ2v) is 16.6. The first kappa shape index (κ1) is 26.4. The number of benzene rings is 3. The Kier molecular flexibility index (Phi) is 7.88. The molecular formula is C28H36O4SSi. The van der Waals surface area contributed by atoms with Crippen LogP contribution >= 0.6 is 0 Å². The molecule has 4 nitrogen and oxygen atoms in total. The molecule has 182 valence electrons. The number of hydrogen-bond acceptors (Lipinski definition) is 4. The van der Waals surface area contributed by atoms with E-state index in [2.05, 4.69) is 69.3 Å². The van der Waals surface area contributed by atoms with Gasteiger partial charge in [0.15, 0.2) is 0 Å². The molecule has 0 saturated heterocycles. The van der Waals surface area contributed by atoms with E-state index in [1.54, 1.807) is 24.3 Å². The third kappa shape index (κ3) is 5.86. The van der Waals surface area contributed by atoms with Crippen molar-refractivity contribution < 1.29 is 17.0 Å². The fourth-order valence-electron chi connectivity index (χ4n) is 4.12. The minimum absolute atomic E-state index is 0.0292. The van der Waals surface area contributed by atoms with E-state index in [9.17, 15) is 8.42 Å². The van der Waals surface area contributed by atoms with Crippen molar-refractivity contribution in [2.75, 3.05) is 13.2 Å². The van der Waals surface area contributed by atoms with E-state index in [0.717, 1.165) is 5.56 Å². The third-order valence-corrected chi connectivity index (χ3v) is 12.3. The molecule has 0 bridgehead atoms. The molecule has 3 aromatic rings. The van der Waals surface area contributed by atoms with Crippen molar-refractivity contribution in [1.29, 1.82) is 0 Å². The van der Waals surface area contributed by atoms with Gasteiger partial charge in [-0.3, -0.25) is 4.18 Å². The van der Waals surface area contributed by atoms with Crippen molar-refractivity contribution in [2.24, 2.45) is 5.41 Å². The molecule has 0 unspecified atom stereocenters. The van der Waals surface area contributed by atoms with Crippen LogP contribution in [0.4, 0.5) is 0 Å². The molecule has 0 atom stereocenters. The topological polar surface area (TPSA) is 52.6 Å². The molecule has 0 N–H and O–H groups in total. The Hall–Kier alpha value is -2.25. The zero-order chi connectivity index (χ0) is 25.0. The fraction of sp³-hybridized carbons (Fsp3) is 0.357. The highest BCUT2D eigenvalue weighted by Gasteiger charge is 2.50. The van der Waals surface area contributed by atoms with E-state index in [1.807, 2.05) is 32.9 Å². The van der Waals surface area contributed by atoms with E-state index in [4.69, 9.17) is 8.61 Å². The lowest BCUT2D eigenvalue weighted by Crippen LogP contribution is -2.67. The summed E-state index contributed by atoms with van der Waals surface area (Å²) in [4.78, 5) is 0.168. The Bertz CT molecular complexity index is 1130. The second kappa shape index (κ2) is 10.2. The van der Waals surface area contributed by atoms with Crippen LogP contribution in [-0.2, 0) is 18.7 Å². The summed E-state index contributed by atoms with van der Waals surface area (Å²) >= 11 is 0. The monoisotopic (exact) mass is 496 g/mol. The summed E-state index contributed by atoms with van der Waals surface area (Å²) in [6, 6.07) is 27.5. The van der Waals surface area contributed by atoms with Crippen LogP contribution in [0.15, 0.2) is 89.8 Å². The van der Waals surface area contributed by atoms with Crippen LogP contribution in [-0.4, -0.2) is 29.9 Å². The molecule has 0 saturated carbocycles. The first-order valence-corrected chi connectivity index (χ1v) is 14.9. The van der Waals surface area contributed by atoms with E-state index >= 15 is 0 Å². The highest BCUT2D eigenvalue weighted by Crippen LogP contribution is 2.38. The summed E-state index contributed by atoms with van der Waals surface area (Å²) in [7, 11) is -6.55. The van der Waals surface area contributed by atoms with Gasteiger partial charge in [0.25, 0.3) is 18.4 Å². The molecule has 3 aromatic carbocycles. The quantitative estimate of drug-likeness (QED) is 0.298. The molecule has 0 spiro atoms. The number of rotatable bonds is 9. The van der Waals surface area contributed by atoms with Crippen LogP contribution in [0.1, 0.15) is 40.2 Å². The molecule has 0 amide bonds. The standard InChI is InChI=1S/C28H36O4SSi/c1-23-17-19-24(20-18-23)33(29,30)31-21-28(5,6)22-32-34(27(2,3)4,25-13-9-7-10-14-25)26-15-11-8-12-16-26/h7-20H,21-22H2,1-6H3. The maximum Gasteiger partial charge on any atom is 0.296 e. The van der Waals surface area contributed by atoms with Crippen LogP contribution in [0, 0.1) is 12.3 Å². The van der Waals surface area contributed by atoms with Crippen LogP contribution in [0.5, 0.6) is 0 Å². The maximum atomic E-state index is 12.7. The zero-order valence-electron chi connectivity index (χ0n) is 21.0. The molecule has 0 fully saturated rings. The summed E-state index contributed by atoms with van der Waals surface area (Å²) in [5, 5.41) is 2.23. The van der Waals surface area contributed by atoms with Crippen molar-refractivity contribution >= 4 is 28.8 Å². The predicted molar refractivity (Wildman–Crippen MR) is 142 cm³/mol. The van der Waals surface area contributed by atoms with E-state index in [0.29, 0.717) is 6.61 Å². The van der Waals surface area contributed by atoms with Crippen molar-refractivity contribution in [1.82, 2.24) is 0 Å². The maximum absolute atomic E-state index is 12.7. The van der Waals surface area contributed by atoms with Gasteiger partial charge < -0.3 is 4.43 Å². The van der Waals surface area contributed by atoms with Gasteiger partial charge in [0.05, 0.1) is 11.5 Å². The van der Waals surface area contributed by atoms with Crippen LogP contribution in [0.25, 0.3) is 0 Å². The average molecular weight is 497 g/mol. The van der Waals surface area contributed by atoms with Crippen molar-refractivity contribution in [2.45, 2.75) is 51.5 Å². The van der Waals surface area contributed by atoms with Gasteiger partial charge in [-0.1, -0.05) is 113 Å². The van der Waals surface area contributed by atoms with E-state index in [-0.39, 0.29) is 16.5 Å². The first-order chi connectivity index (χ1) is 15.9. The summed E-state index contributed by atoms with van der Waals surface area (Å²) in [6.45, 7) is 13.0. The molecule has 0 aromatic heterocycles. The Morgan fingerprint density at radius 1 is 0.706 bits per heavy atom. The molecule has 34 heavy (non-hydrogen) atoms. The van der Waals surface area contributed by atoms with Gasteiger partial charge in [-0.15, -0.1) is 0 Å². The van der Waals surface area contributed by atoms with Gasteiger partial charge in [-0.2, -0.15) is 8.42 Å². The minimum Gasteiger partial charge on any atom is -0.407 e. The van der Waals surface area contributed by atoms with Gasteiger partial charge in [0, 0.05) is 12.0 Å². The fourth-order valence-corrected chi connectivity index (χ4v) is 9.96. The molecular weight excluding hydrogens is 460 g/mol. The average Bonchev–Trinajstić information content (AvgIpc) is 2.79. The lowest BCUT2D eigenvalue weighted by Gasteiger charge is -2.44. The summed E-state index contributed by atoms with van der Waals surface area (Å²) in [6.07, 6.45) is 0. The Morgan fingerprint density at radius 2 is 1.18 bits per heavy atom. The molecule has 0 heterocycles. The Balaban J connectivity index is 1.88. The Labute approximate surface area is 206 Å². The van der Waals surface area contributed by atoms with Gasteiger partial charge in [-0.05, 0) is 34.5 Å². The normalized spacial score (nSPS) is 13.1. The Morgan fingerprint density at radius 3 is 1.62 bits per heavy atom. The highest BCUT2D eigenvalue weighted by molar-refractivity contribution is 7.86. The van der Waals surface area contributed by atoms with Crippen LogP contribution < -0.4 is 10.4 Å². The number of aryl methyl sites for hydroxylation is 1. The number of hydrogen-bond donors (Lipinski definition) is 0. The highest BCUT2D eigenvalue weighted by atomic mass is 32.2. The van der Waals surface area contributed by atoms with Crippen LogP contribution in [0.2, 0.25) is 5.04 Å². The third-order valence-electron chi connectivity index (χ3n) is 6.01. The lowest BCUT2D eigenvalue weighted by atomic mass is 9.97. The molecule has 3 rings (SSSR count). The van der Waals surface area contributed by atoms with E-state index < -0.39 is 23.9 Å². The van der Waals surface area contributed by atoms with Crippen molar-refractivity contribution in [3.05, 3.63) is 90.5 Å². The van der Waals surface area contributed by atoms with Gasteiger partial charge in [-0.25, -0.2) is 0 Å². The molecule has 0 aliphatic rings. The first-order valence-electron chi connectivity index (χ1n) is 11.6. The smallest absolute Gasteiger partial charge is 0.296 e. The summed E-state index contributed by atoms with van der Waals surface area (Å²) in [5.74, 6) is 0. The zero-order valence-corrected chi connectivity index (χ0v) is 22.9. The second-order valence-electron chi connectivity index (χ2n) is 10.6. The van der Waals surface area contributed by atoms with Crippen molar-refractivity contribution in [3.63, 3.8) is 0 Å². The minimum atomic E-state index is -3.84. The van der Waals surface area contributed by atoms with E-state index in [1.165, 1.54) is 10.4 Å². The molecule has 0 aliphatic heterocycles. The van der Waals surface area contributed by atoms with Crippen molar-refractivity contribution in [3.8, 4) is 0 Å². The van der Waals surface area contributed by atoms with Gasteiger partial charge in [0.2, 0.25) is 0 Å². The van der Waals surface area contributed by atoms with Gasteiger partial charge in [0.1, 0.15) is 0 Å². The van der Waals surface area contributed by atoms with Gasteiger partial charge >= 0.3 is 0 Å². The summed E-state index contributed by atoms with van der Waals surface area (Å²) in [5.41, 5.74) is 0.475. The largest absolute Gasteiger partial charge is 0.407 e. The molecule has 0 radical (unpaired) electrons. The van der Waals surface area contributed by atoms with Crippen LogP contribution in [0.3, 0.4) is 0 Å². The molecule has 0 aliphatic carbocycles. The molecule has 6 heteroatoms. The summed E-state index contributed by atoms with van der Waals surface area (Å²) < 4.78 is 38.0. The SMILES string of the molecule is Cc1ccc(S(=O)(=O)OCC(C)(C)CO[Si](c2ccccc2)(c2ccccc2)C(C)(C)C)cc1.